The number of aryl methyl sites for hydroxylation is 1. The van der Waals surface area contributed by atoms with Gasteiger partial charge in [-0.05, 0) is 50.2 Å². The SMILES string of the molecule is CN1CCC(Oc2ccc(NC(=O)c3ccccc3F)cc2-c2c(Cl)cnn2C)CC1. The summed E-state index contributed by atoms with van der Waals surface area (Å²) < 4.78 is 22.0. The van der Waals surface area contributed by atoms with Crippen LogP contribution in [-0.4, -0.2) is 46.8 Å². The van der Waals surface area contributed by atoms with E-state index in [2.05, 4.69) is 22.4 Å². The molecule has 0 spiro atoms. The van der Waals surface area contributed by atoms with E-state index in [1.54, 1.807) is 42.2 Å². The molecule has 3 aromatic rings. The van der Waals surface area contributed by atoms with Crippen molar-refractivity contribution in [2.75, 3.05) is 25.5 Å². The third kappa shape index (κ3) is 4.73. The van der Waals surface area contributed by atoms with E-state index in [1.807, 2.05) is 6.07 Å². The molecular formula is C23H24ClFN4O2. The third-order valence-corrected chi connectivity index (χ3v) is 5.74. The van der Waals surface area contributed by atoms with Gasteiger partial charge in [-0.25, -0.2) is 4.39 Å². The van der Waals surface area contributed by atoms with Crippen molar-refractivity contribution in [3.63, 3.8) is 0 Å². The maximum Gasteiger partial charge on any atom is 0.258 e. The van der Waals surface area contributed by atoms with E-state index in [9.17, 15) is 9.18 Å². The highest BCUT2D eigenvalue weighted by molar-refractivity contribution is 6.33. The van der Waals surface area contributed by atoms with Crippen LogP contribution in [0.3, 0.4) is 0 Å². The second-order valence-electron chi connectivity index (χ2n) is 7.73. The highest BCUT2D eigenvalue weighted by atomic mass is 35.5. The first-order valence-corrected chi connectivity index (χ1v) is 10.5. The maximum absolute atomic E-state index is 14.0. The largest absolute Gasteiger partial charge is 0.490 e. The zero-order valence-corrected chi connectivity index (χ0v) is 18.2. The number of nitrogens with zero attached hydrogens (tertiary/aromatic N) is 3. The second kappa shape index (κ2) is 9.08. The van der Waals surface area contributed by atoms with Crippen LogP contribution in [0.1, 0.15) is 23.2 Å². The average molecular weight is 443 g/mol. The summed E-state index contributed by atoms with van der Waals surface area (Å²) >= 11 is 6.41. The molecule has 0 atom stereocenters. The molecule has 1 fully saturated rings. The molecule has 0 aliphatic carbocycles. The van der Waals surface area contributed by atoms with Crippen LogP contribution in [0.25, 0.3) is 11.3 Å². The number of carbonyl (C=O) groups is 1. The number of benzene rings is 2. The number of nitrogens with one attached hydrogen (secondary N) is 1. The molecule has 0 unspecified atom stereocenters. The summed E-state index contributed by atoms with van der Waals surface area (Å²) in [5.41, 5.74) is 1.90. The van der Waals surface area contributed by atoms with Crippen LogP contribution >= 0.6 is 11.6 Å². The van der Waals surface area contributed by atoms with Crippen LogP contribution < -0.4 is 10.1 Å². The van der Waals surface area contributed by atoms with Crippen LogP contribution in [0.15, 0.2) is 48.7 Å². The maximum atomic E-state index is 14.0. The number of hydrogen-bond donors (Lipinski definition) is 1. The Kier molecular flexibility index (Phi) is 6.25. The lowest BCUT2D eigenvalue weighted by molar-refractivity contribution is 0.102. The molecule has 4 rings (SSSR count). The van der Waals surface area contributed by atoms with Crippen LogP contribution in [0.5, 0.6) is 5.75 Å². The minimum atomic E-state index is -0.572. The van der Waals surface area contributed by atoms with Gasteiger partial charge in [-0.1, -0.05) is 23.7 Å². The first-order valence-electron chi connectivity index (χ1n) is 10.2. The monoisotopic (exact) mass is 442 g/mol. The van der Waals surface area contributed by atoms with Crippen LogP contribution in [0.4, 0.5) is 10.1 Å². The molecule has 0 bridgehead atoms. The van der Waals surface area contributed by atoms with Gasteiger partial charge < -0.3 is 15.0 Å². The molecule has 0 radical (unpaired) electrons. The number of hydrogen-bond acceptors (Lipinski definition) is 4. The summed E-state index contributed by atoms with van der Waals surface area (Å²) in [4.78, 5) is 14.8. The van der Waals surface area contributed by atoms with E-state index in [0.717, 1.165) is 31.5 Å². The Morgan fingerprint density at radius 2 is 1.94 bits per heavy atom. The number of halogens is 2. The van der Waals surface area contributed by atoms with Crippen molar-refractivity contribution >= 4 is 23.2 Å². The smallest absolute Gasteiger partial charge is 0.258 e. The van der Waals surface area contributed by atoms with Crippen LogP contribution in [0, 0.1) is 5.82 Å². The molecular weight excluding hydrogens is 419 g/mol. The van der Waals surface area contributed by atoms with Gasteiger partial charge in [0.25, 0.3) is 5.91 Å². The molecule has 1 aromatic heterocycles. The molecule has 2 aromatic carbocycles. The number of piperidine rings is 1. The van der Waals surface area contributed by atoms with Crippen molar-refractivity contribution in [2.45, 2.75) is 18.9 Å². The van der Waals surface area contributed by atoms with Gasteiger partial charge >= 0.3 is 0 Å². The molecule has 162 valence electrons. The van der Waals surface area contributed by atoms with Crippen LogP contribution in [-0.2, 0) is 7.05 Å². The van der Waals surface area contributed by atoms with E-state index in [4.69, 9.17) is 16.3 Å². The Bertz CT molecular complexity index is 1070. The van der Waals surface area contributed by atoms with Gasteiger partial charge in [0.05, 0.1) is 22.5 Å². The molecule has 0 saturated carbocycles. The molecule has 31 heavy (non-hydrogen) atoms. The van der Waals surface area contributed by atoms with Crippen molar-refractivity contribution in [1.29, 1.82) is 0 Å². The summed E-state index contributed by atoms with van der Waals surface area (Å²) in [6, 6.07) is 11.2. The number of rotatable bonds is 5. The van der Waals surface area contributed by atoms with Gasteiger partial charge in [-0.2, -0.15) is 5.10 Å². The Balaban J connectivity index is 1.65. The van der Waals surface area contributed by atoms with E-state index < -0.39 is 11.7 Å². The van der Waals surface area contributed by atoms with Gasteiger partial charge in [-0.15, -0.1) is 0 Å². The number of carbonyl (C=O) groups excluding carboxylic acids is 1. The van der Waals surface area contributed by atoms with E-state index in [1.165, 1.54) is 12.1 Å². The van der Waals surface area contributed by atoms with E-state index in [-0.39, 0.29) is 11.7 Å². The molecule has 8 heteroatoms. The van der Waals surface area contributed by atoms with Crippen molar-refractivity contribution in [3.05, 3.63) is 65.1 Å². The highest BCUT2D eigenvalue weighted by Gasteiger charge is 2.22. The quantitative estimate of drug-likeness (QED) is 0.627. The third-order valence-electron chi connectivity index (χ3n) is 5.46. The number of amides is 1. The molecule has 1 saturated heterocycles. The number of ether oxygens (including phenoxy) is 1. The predicted octanol–water partition coefficient (Wildman–Crippen LogP) is 4.60. The first kappa shape index (κ1) is 21.3. The Labute approximate surface area is 185 Å². The average Bonchev–Trinajstić information content (AvgIpc) is 3.09. The highest BCUT2D eigenvalue weighted by Crippen LogP contribution is 2.37. The van der Waals surface area contributed by atoms with E-state index in [0.29, 0.717) is 22.2 Å². The minimum absolute atomic E-state index is 0.0192. The lowest BCUT2D eigenvalue weighted by atomic mass is 10.1. The molecule has 1 aliphatic heterocycles. The van der Waals surface area contributed by atoms with Gasteiger partial charge in [0.1, 0.15) is 17.7 Å². The van der Waals surface area contributed by atoms with Crippen molar-refractivity contribution < 1.29 is 13.9 Å². The fourth-order valence-corrected chi connectivity index (χ4v) is 4.00. The fourth-order valence-electron chi connectivity index (χ4n) is 3.74. The van der Waals surface area contributed by atoms with Crippen molar-refractivity contribution in [2.24, 2.45) is 7.05 Å². The van der Waals surface area contributed by atoms with Gasteiger partial charge in [0, 0.05) is 31.4 Å². The summed E-state index contributed by atoms with van der Waals surface area (Å²) in [6.45, 7) is 1.95. The van der Waals surface area contributed by atoms with Crippen molar-refractivity contribution in [1.82, 2.24) is 14.7 Å². The Morgan fingerprint density at radius 1 is 1.19 bits per heavy atom. The molecule has 1 amide bonds. The Morgan fingerprint density at radius 3 is 2.61 bits per heavy atom. The summed E-state index contributed by atoms with van der Waals surface area (Å²) in [6.07, 6.45) is 3.53. The van der Waals surface area contributed by atoms with Gasteiger partial charge in [0.15, 0.2) is 0 Å². The summed E-state index contributed by atoms with van der Waals surface area (Å²) in [5.74, 6) is -0.426. The van der Waals surface area contributed by atoms with Gasteiger partial charge in [-0.3, -0.25) is 9.48 Å². The predicted molar refractivity (Wildman–Crippen MR) is 119 cm³/mol. The van der Waals surface area contributed by atoms with Crippen molar-refractivity contribution in [3.8, 4) is 17.0 Å². The topological polar surface area (TPSA) is 59.4 Å². The lowest BCUT2D eigenvalue weighted by Crippen LogP contribution is -2.35. The number of aromatic nitrogens is 2. The number of anilines is 1. The standard InChI is InChI=1S/C23H24ClFN4O2/c1-28-11-9-16(10-12-28)31-21-8-7-15(13-18(21)22-19(24)14-26-29(22)2)27-23(30)17-5-3-4-6-20(17)25/h3-8,13-14,16H,9-12H2,1-2H3,(H,27,30). The van der Waals surface area contributed by atoms with Gasteiger partial charge in [0.2, 0.25) is 0 Å². The molecule has 2 heterocycles. The summed E-state index contributed by atoms with van der Waals surface area (Å²) in [5, 5.41) is 7.47. The minimum Gasteiger partial charge on any atom is -0.490 e. The van der Waals surface area contributed by atoms with E-state index >= 15 is 0 Å². The normalized spacial score (nSPS) is 15.1. The zero-order chi connectivity index (χ0) is 22.0. The molecule has 1 N–H and O–H groups in total. The Hall–Kier alpha value is -2.90. The molecule has 1 aliphatic rings. The second-order valence-corrected chi connectivity index (χ2v) is 8.14. The summed E-state index contributed by atoms with van der Waals surface area (Å²) in [7, 11) is 3.90. The molecule has 6 nitrogen and oxygen atoms in total. The first-order chi connectivity index (χ1) is 14.9. The zero-order valence-electron chi connectivity index (χ0n) is 17.4. The van der Waals surface area contributed by atoms with Crippen LogP contribution in [0.2, 0.25) is 5.02 Å². The number of likely N-dealkylation sites (tertiary alicyclic amines) is 1. The fraction of sp³-hybridized carbons (Fsp3) is 0.304. The lowest BCUT2D eigenvalue weighted by Gasteiger charge is -2.30.